The molecule has 13 heavy (non-hydrogen) atoms. The van der Waals surface area contributed by atoms with Gasteiger partial charge in [-0.3, -0.25) is 4.79 Å². The second-order valence-electron chi connectivity index (χ2n) is 3.60. The summed E-state index contributed by atoms with van der Waals surface area (Å²) >= 11 is 5.93. The SMILES string of the molecule is Cc1ccc(C(=O)C2CC2)cc1Cl. The summed E-state index contributed by atoms with van der Waals surface area (Å²) in [7, 11) is 0. The maximum absolute atomic E-state index is 11.6. The first-order chi connectivity index (χ1) is 6.18. The van der Waals surface area contributed by atoms with E-state index in [1.807, 2.05) is 19.1 Å². The van der Waals surface area contributed by atoms with E-state index >= 15 is 0 Å². The second-order valence-corrected chi connectivity index (χ2v) is 4.01. The topological polar surface area (TPSA) is 17.1 Å². The van der Waals surface area contributed by atoms with Crippen LogP contribution < -0.4 is 0 Å². The molecule has 0 heterocycles. The normalized spacial score (nSPS) is 15.8. The van der Waals surface area contributed by atoms with Crippen molar-refractivity contribution < 1.29 is 4.79 Å². The molecule has 0 spiro atoms. The minimum atomic E-state index is 0.252. The van der Waals surface area contributed by atoms with Crippen molar-refractivity contribution in [3.05, 3.63) is 34.3 Å². The summed E-state index contributed by atoms with van der Waals surface area (Å²) in [5, 5.41) is 0.687. The molecule has 0 amide bonds. The molecule has 0 aliphatic heterocycles. The molecule has 2 rings (SSSR count). The molecule has 1 aromatic rings. The Hall–Kier alpha value is -0.820. The summed E-state index contributed by atoms with van der Waals surface area (Å²) in [6, 6.07) is 5.54. The van der Waals surface area contributed by atoms with Crippen molar-refractivity contribution in [3.8, 4) is 0 Å². The Morgan fingerprint density at radius 3 is 2.69 bits per heavy atom. The number of carbonyl (C=O) groups is 1. The Morgan fingerprint density at radius 2 is 2.15 bits per heavy atom. The Balaban J connectivity index is 2.30. The average Bonchev–Trinajstić information content (AvgIpc) is 2.91. The third-order valence-electron chi connectivity index (χ3n) is 2.40. The van der Waals surface area contributed by atoms with Crippen LogP contribution >= 0.6 is 11.6 Å². The average molecular weight is 195 g/mol. The number of halogens is 1. The largest absolute Gasteiger partial charge is 0.294 e. The van der Waals surface area contributed by atoms with E-state index in [9.17, 15) is 4.79 Å². The number of Topliss-reactive ketones (excluding diaryl/α,β-unsaturated/α-hetero) is 1. The highest BCUT2D eigenvalue weighted by Gasteiger charge is 2.30. The standard InChI is InChI=1S/C11H11ClO/c1-7-2-3-9(6-10(7)12)11(13)8-4-5-8/h2-3,6,8H,4-5H2,1H3. The zero-order valence-corrected chi connectivity index (χ0v) is 8.27. The van der Waals surface area contributed by atoms with Gasteiger partial charge in [-0.25, -0.2) is 0 Å². The first-order valence-corrected chi connectivity index (χ1v) is 4.86. The molecule has 0 unspecified atom stereocenters. The summed E-state index contributed by atoms with van der Waals surface area (Å²) in [4.78, 5) is 11.6. The molecule has 1 aliphatic rings. The number of aryl methyl sites for hydroxylation is 1. The lowest BCUT2D eigenvalue weighted by atomic mass is 10.1. The monoisotopic (exact) mass is 194 g/mol. The zero-order chi connectivity index (χ0) is 9.42. The lowest BCUT2D eigenvalue weighted by molar-refractivity contribution is 0.0967. The number of carbonyl (C=O) groups excluding carboxylic acids is 1. The zero-order valence-electron chi connectivity index (χ0n) is 7.51. The maximum Gasteiger partial charge on any atom is 0.165 e. The summed E-state index contributed by atoms with van der Waals surface area (Å²) in [5.74, 6) is 0.528. The quantitative estimate of drug-likeness (QED) is 0.661. The van der Waals surface area contributed by atoms with Gasteiger partial charge in [0.1, 0.15) is 0 Å². The van der Waals surface area contributed by atoms with Crippen molar-refractivity contribution in [2.75, 3.05) is 0 Å². The van der Waals surface area contributed by atoms with E-state index in [-0.39, 0.29) is 11.7 Å². The predicted octanol–water partition coefficient (Wildman–Crippen LogP) is 3.24. The van der Waals surface area contributed by atoms with Crippen LogP contribution in [0, 0.1) is 12.8 Å². The molecule has 0 saturated heterocycles. The smallest absolute Gasteiger partial charge is 0.165 e. The highest BCUT2D eigenvalue weighted by molar-refractivity contribution is 6.31. The molecule has 0 radical (unpaired) electrons. The molecule has 1 aromatic carbocycles. The lowest BCUT2D eigenvalue weighted by Gasteiger charge is -2.01. The summed E-state index contributed by atoms with van der Waals surface area (Å²) in [6.45, 7) is 1.94. The predicted molar refractivity (Wildman–Crippen MR) is 53.2 cm³/mol. The van der Waals surface area contributed by atoms with E-state index in [0.29, 0.717) is 5.02 Å². The minimum Gasteiger partial charge on any atom is -0.294 e. The summed E-state index contributed by atoms with van der Waals surface area (Å²) in [6.07, 6.45) is 2.09. The van der Waals surface area contributed by atoms with Crippen molar-refractivity contribution in [2.24, 2.45) is 5.92 Å². The van der Waals surface area contributed by atoms with Crippen LogP contribution in [0.4, 0.5) is 0 Å². The third-order valence-corrected chi connectivity index (χ3v) is 2.81. The van der Waals surface area contributed by atoms with Gasteiger partial charge in [-0.15, -0.1) is 0 Å². The number of ketones is 1. The third kappa shape index (κ3) is 1.75. The number of benzene rings is 1. The molecule has 0 bridgehead atoms. The van der Waals surface area contributed by atoms with Crippen LogP contribution in [0.1, 0.15) is 28.8 Å². The van der Waals surface area contributed by atoms with Gasteiger partial charge in [0.05, 0.1) is 0 Å². The van der Waals surface area contributed by atoms with Crippen LogP contribution in [-0.4, -0.2) is 5.78 Å². The molecular weight excluding hydrogens is 184 g/mol. The Morgan fingerprint density at radius 1 is 1.46 bits per heavy atom. The molecule has 1 saturated carbocycles. The van der Waals surface area contributed by atoms with Gasteiger partial charge in [0.2, 0.25) is 0 Å². The van der Waals surface area contributed by atoms with Gasteiger partial charge in [-0.2, -0.15) is 0 Å². The fourth-order valence-electron chi connectivity index (χ4n) is 1.33. The molecule has 2 heteroatoms. The van der Waals surface area contributed by atoms with Gasteiger partial charge in [0.15, 0.2) is 5.78 Å². The van der Waals surface area contributed by atoms with Crippen molar-refractivity contribution in [1.82, 2.24) is 0 Å². The first kappa shape index (κ1) is 8.76. The van der Waals surface area contributed by atoms with Crippen molar-refractivity contribution in [3.63, 3.8) is 0 Å². The van der Waals surface area contributed by atoms with Gasteiger partial charge < -0.3 is 0 Å². The number of hydrogen-bond acceptors (Lipinski definition) is 1. The van der Waals surface area contributed by atoms with E-state index in [1.54, 1.807) is 6.07 Å². The first-order valence-electron chi connectivity index (χ1n) is 4.49. The van der Waals surface area contributed by atoms with Crippen LogP contribution in [0.3, 0.4) is 0 Å². The summed E-state index contributed by atoms with van der Waals surface area (Å²) in [5.41, 5.74) is 1.78. The van der Waals surface area contributed by atoms with Crippen LogP contribution in [0.25, 0.3) is 0 Å². The Bertz CT molecular complexity index is 353. The van der Waals surface area contributed by atoms with Crippen molar-refractivity contribution in [1.29, 1.82) is 0 Å². The number of hydrogen-bond donors (Lipinski definition) is 0. The molecule has 1 fully saturated rings. The molecule has 1 nitrogen and oxygen atoms in total. The molecule has 68 valence electrons. The molecule has 0 N–H and O–H groups in total. The van der Waals surface area contributed by atoms with Gasteiger partial charge in [0, 0.05) is 16.5 Å². The van der Waals surface area contributed by atoms with E-state index in [4.69, 9.17) is 11.6 Å². The highest BCUT2D eigenvalue weighted by atomic mass is 35.5. The van der Waals surface area contributed by atoms with Gasteiger partial charge >= 0.3 is 0 Å². The van der Waals surface area contributed by atoms with Crippen LogP contribution in [0.15, 0.2) is 18.2 Å². The molecule has 0 aromatic heterocycles. The van der Waals surface area contributed by atoms with Gasteiger partial charge in [-0.05, 0) is 31.4 Å². The fourth-order valence-corrected chi connectivity index (χ4v) is 1.51. The van der Waals surface area contributed by atoms with E-state index in [2.05, 4.69) is 0 Å². The van der Waals surface area contributed by atoms with Crippen LogP contribution in [0.5, 0.6) is 0 Å². The molecule has 0 atom stereocenters. The second kappa shape index (κ2) is 3.15. The summed E-state index contributed by atoms with van der Waals surface area (Å²) < 4.78 is 0. The Labute approximate surface area is 82.7 Å². The maximum atomic E-state index is 11.6. The van der Waals surface area contributed by atoms with Crippen LogP contribution in [-0.2, 0) is 0 Å². The van der Waals surface area contributed by atoms with E-state index in [1.165, 1.54) is 0 Å². The van der Waals surface area contributed by atoms with E-state index in [0.717, 1.165) is 24.0 Å². The Kier molecular flexibility index (Phi) is 2.12. The van der Waals surface area contributed by atoms with Crippen LogP contribution in [0.2, 0.25) is 5.02 Å². The molecule has 1 aliphatic carbocycles. The van der Waals surface area contributed by atoms with E-state index < -0.39 is 0 Å². The minimum absolute atomic E-state index is 0.252. The van der Waals surface area contributed by atoms with Crippen molar-refractivity contribution >= 4 is 17.4 Å². The fraction of sp³-hybridized carbons (Fsp3) is 0.364. The van der Waals surface area contributed by atoms with Gasteiger partial charge in [-0.1, -0.05) is 23.7 Å². The number of rotatable bonds is 2. The van der Waals surface area contributed by atoms with Gasteiger partial charge in [0.25, 0.3) is 0 Å². The lowest BCUT2D eigenvalue weighted by Crippen LogP contribution is -2.00. The van der Waals surface area contributed by atoms with Crippen molar-refractivity contribution in [2.45, 2.75) is 19.8 Å². The molecular formula is C11H11ClO. The highest BCUT2D eigenvalue weighted by Crippen LogP contribution is 2.33.